The third kappa shape index (κ3) is 3.14. The fourth-order valence-electron chi connectivity index (χ4n) is 1.03. The summed E-state index contributed by atoms with van der Waals surface area (Å²) >= 11 is 5.23. The van der Waals surface area contributed by atoms with E-state index in [0.717, 1.165) is 0 Å². The minimum Gasteiger partial charge on any atom is -0.321 e. The van der Waals surface area contributed by atoms with Crippen LogP contribution in [0.1, 0.15) is 17.3 Å². The molecule has 1 unspecified atom stereocenters. The Hall–Kier alpha value is -0.670. The summed E-state index contributed by atoms with van der Waals surface area (Å²) in [5, 5.41) is -0.461. The molecule has 0 spiro atoms. The van der Waals surface area contributed by atoms with E-state index in [-0.39, 0.29) is 17.5 Å². The van der Waals surface area contributed by atoms with E-state index in [0.29, 0.717) is 0 Å². The van der Waals surface area contributed by atoms with Gasteiger partial charge in [0.1, 0.15) is 0 Å². The zero-order valence-electron chi connectivity index (χ0n) is 8.01. The van der Waals surface area contributed by atoms with Gasteiger partial charge in [-0.2, -0.15) is 0 Å². The van der Waals surface area contributed by atoms with Crippen molar-refractivity contribution in [3.8, 4) is 0 Å². The molecule has 0 aliphatic rings. The Morgan fingerprint density at radius 2 is 2.00 bits per heavy atom. The molecule has 0 amide bonds. The second kappa shape index (κ2) is 4.90. The van der Waals surface area contributed by atoms with Crippen LogP contribution in [0, 0.1) is 0 Å². The Kier molecular flexibility index (Phi) is 4.05. The van der Waals surface area contributed by atoms with Crippen LogP contribution in [0.5, 0.6) is 0 Å². The summed E-state index contributed by atoms with van der Waals surface area (Å²) < 4.78 is 16.2. The first-order valence-corrected chi connectivity index (χ1v) is 6.20. The summed E-state index contributed by atoms with van der Waals surface area (Å²) in [4.78, 5) is 20.2. The molecule has 0 saturated heterocycles. The van der Waals surface area contributed by atoms with Crippen molar-refractivity contribution in [2.45, 2.75) is 6.92 Å². The largest absolute Gasteiger partial charge is 0.358 e. The summed E-state index contributed by atoms with van der Waals surface area (Å²) in [6, 6.07) is 5.47. The lowest BCUT2D eigenvalue weighted by atomic mass is 10.2. The quantitative estimate of drug-likeness (QED) is 0.653. The molecule has 6 heteroatoms. The average Bonchev–Trinajstić information content (AvgIpc) is 2.18. The molecule has 0 bridgehead atoms. The number of halogens is 1. The van der Waals surface area contributed by atoms with Gasteiger partial charge >= 0.3 is 7.60 Å². The second-order valence-corrected chi connectivity index (χ2v) is 4.92. The monoisotopic (exact) mass is 248 g/mol. The van der Waals surface area contributed by atoms with E-state index in [1.54, 1.807) is 6.92 Å². The van der Waals surface area contributed by atoms with Crippen LogP contribution in [0.15, 0.2) is 24.3 Å². The highest BCUT2D eigenvalue weighted by Gasteiger charge is 2.21. The number of benzene rings is 1. The molecular weight excluding hydrogens is 239 g/mol. The first kappa shape index (κ1) is 12.4. The van der Waals surface area contributed by atoms with Crippen LogP contribution >= 0.6 is 19.2 Å². The van der Waals surface area contributed by atoms with Crippen LogP contribution in [0.4, 0.5) is 0 Å². The molecule has 1 aromatic carbocycles. The summed E-state index contributed by atoms with van der Waals surface area (Å²) in [5.41, 5.74) is 0.275. The predicted octanol–water partition coefficient (Wildman–Crippen LogP) is 1.91. The third-order valence-corrected chi connectivity index (χ3v) is 3.50. The highest BCUT2D eigenvalue weighted by molar-refractivity contribution is 7.61. The Morgan fingerprint density at radius 3 is 2.40 bits per heavy atom. The Morgan fingerprint density at radius 1 is 1.47 bits per heavy atom. The summed E-state index contributed by atoms with van der Waals surface area (Å²) in [5.74, 6) is 0. The van der Waals surface area contributed by atoms with Crippen LogP contribution in [0.2, 0.25) is 0 Å². The standard InChI is InChI=1S/C9H10ClO4P/c1-2-14-15(12,13)8-5-3-7(4-6-8)9(10)11/h3-6H,2H2,1H3,(H,12,13). The number of hydrogen-bond acceptors (Lipinski definition) is 3. The molecule has 0 radical (unpaired) electrons. The lowest BCUT2D eigenvalue weighted by molar-refractivity contribution is 0.108. The lowest BCUT2D eigenvalue weighted by Crippen LogP contribution is -2.07. The molecule has 1 atom stereocenters. The van der Waals surface area contributed by atoms with Gasteiger partial charge in [-0.3, -0.25) is 9.36 Å². The molecule has 0 saturated carbocycles. The van der Waals surface area contributed by atoms with Gasteiger partial charge in [0.15, 0.2) is 0 Å². The molecule has 0 heterocycles. The molecule has 0 fully saturated rings. The van der Waals surface area contributed by atoms with Crippen LogP contribution in [-0.2, 0) is 9.09 Å². The van der Waals surface area contributed by atoms with Crippen molar-refractivity contribution in [2.75, 3.05) is 6.61 Å². The van der Waals surface area contributed by atoms with E-state index < -0.39 is 12.8 Å². The maximum Gasteiger partial charge on any atom is 0.358 e. The SMILES string of the molecule is CCOP(=O)(O)c1ccc(C(=O)Cl)cc1. The van der Waals surface area contributed by atoms with E-state index >= 15 is 0 Å². The van der Waals surface area contributed by atoms with Gasteiger partial charge in [0, 0.05) is 5.56 Å². The van der Waals surface area contributed by atoms with Gasteiger partial charge in [0.25, 0.3) is 5.24 Å². The van der Waals surface area contributed by atoms with E-state index in [4.69, 9.17) is 16.1 Å². The molecule has 1 N–H and O–H groups in total. The summed E-state index contributed by atoms with van der Waals surface area (Å²) in [6.45, 7) is 1.77. The van der Waals surface area contributed by atoms with Crippen LogP contribution in [-0.4, -0.2) is 16.7 Å². The molecular formula is C9H10ClO4P. The van der Waals surface area contributed by atoms with Crippen molar-refractivity contribution in [2.24, 2.45) is 0 Å². The Balaban J connectivity index is 2.98. The fourth-order valence-corrected chi connectivity index (χ4v) is 2.18. The van der Waals surface area contributed by atoms with Gasteiger partial charge in [0.05, 0.1) is 11.9 Å². The normalized spacial score (nSPS) is 14.6. The van der Waals surface area contributed by atoms with E-state index in [1.165, 1.54) is 24.3 Å². The predicted molar refractivity (Wildman–Crippen MR) is 57.7 cm³/mol. The van der Waals surface area contributed by atoms with Crippen LogP contribution < -0.4 is 5.30 Å². The first-order valence-electron chi connectivity index (χ1n) is 4.25. The van der Waals surface area contributed by atoms with Gasteiger partial charge in [-0.15, -0.1) is 0 Å². The number of carbonyl (C=O) groups excluding carboxylic acids is 1. The zero-order chi connectivity index (χ0) is 11.5. The molecule has 1 aromatic rings. The molecule has 15 heavy (non-hydrogen) atoms. The number of carbonyl (C=O) groups is 1. The summed E-state index contributed by atoms with van der Waals surface area (Å²) in [7, 11) is -3.75. The van der Waals surface area contributed by atoms with Gasteiger partial charge in [0.2, 0.25) is 0 Å². The van der Waals surface area contributed by atoms with E-state index in [9.17, 15) is 14.3 Å². The zero-order valence-corrected chi connectivity index (χ0v) is 9.66. The second-order valence-electron chi connectivity index (χ2n) is 2.76. The minimum atomic E-state index is -3.75. The first-order chi connectivity index (χ1) is 6.97. The molecule has 1 rings (SSSR count). The van der Waals surface area contributed by atoms with Crippen molar-refractivity contribution in [1.29, 1.82) is 0 Å². The topological polar surface area (TPSA) is 63.6 Å². The molecule has 82 valence electrons. The van der Waals surface area contributed by atoms with E-state index in [2.05, 4.69) is 0 Å². The maximum absolute atomic E-state index is 11.5. The Labute approximate surface area is 92.4 Å². The van der Waals surface area contributed by atoms with Crippen LogP contribution in [0.3, 0.4) is 0 Å². The average molecular weight is 249 g/mol. The fraction of sp³-hybridized carbons (Fsp3) is 0.222. The van der Waals surface area contributed by atoms with Gasteiger partial charge in [-0.1, -0.05) is 0 Å². The van der Waals surface area contributed by atoms with Gasteiger partial charge in [-0.25, -0.2) is 0 Å². The highest BCUT2D eigenvalue weighted by Crippen LogP contribution is 2.40. The molecule has 4 nitrogen and oxygen atoms in total. The Bertz CT molecular complexity index is 401. The third-order valence-electron chi connectivity index (χ3n) is 1.72. The van der Waals surface area contributed by atoms with Crippen molar-refractivity contribution >= 4 is 29.7 Å². The van der Waals surface area contributed by atoms with Gasteiger partial charge < -0.3 is 9.42 Å². The lowest BCUT2D eigenvalue weighted by Gasteiger charge is -2.10. The molecule has 0 aromatic heterocycles. The highest BCUT2D eigenvalue weighted by atomic mass is 35.5. The molecule has 0 aliphatic heterocycles. The minimum absolute atomic E-state index is 0.143. The van der Waals surface area contributed by atoms with Crippen molar-refractivity contribution in [3.63, 3.8) is 0 Å². The van der Waals surface area contributed by atoms with Crippen molar-refractivity contribution in [1.82, 2.24) is 0 Å². The van der Waals surface area contributed by atoms with Gasteiger partial charge in [-0.05, 0) is 42.8 Å². The van der Waals surface area contributed by atoms with E-state index in [1.807, 2.05) is 0 Å². The summed E-state index contributed by atoms with van der Waals surface area (Å²) in [6.07, 6.45) is 0. The smallest absolute Gasteiger partial charge is 0.321 e. The molecule has 0 aliphatic carbocycles. The van der Waals surface area contributed by atoms with Crippen LogP contribution in [0.25, 0.3) is 0 Å². The number of rotatable bonds is 4. The maximum atomic E-state index is 11.5. The number of hydrogen-bond donors (Lipinski definition) is 1. The van der Waals surface area contributed by atoms with Crippen molar-refractivity contribution in [3.05, 3.63) is 29.8 Å². The van der Waals surface area contributed by atoms with Crippen molar-refractivity contribution < 1.29 is 18.8 Å².